The van der Waals surface area contributed by atoms with Crippen LogP contribution in [0.1, 0.15) is 11.1 Å². The second-order valence-corrected chi connectivity index (χ2v) is 6.15. The number of aromatic nitrogens is 1. The zero-order chi connectivity index (χ0) is 20.5. The van der Waals surface area contributed by atoms with Crippen LogP contribution in [0.25, 0.3) is 0 Å². The molecule has 0 aliphatic rings. The number of hydrogen-bond acceptors (Lipinski definition) is 5. The quantitative estimate of drug-likeness (QED) is 0.600. The summed E-state index contributed by atoms with van der Waals surface area (Å²) >= 11 is 0. The molecule has 2 aromatic carbocycles. The average Bonchev–Trinajstić information content (AvgIpc) is 2.76. The van der Waals surface area contributed by atoms with Gasteiger partial charge in [-0.1, -0.05) is 6.07 Å². The van der Waals surface area contributed by atoms with Crippen LogP contribution in [0.3, 0.4) is 0 Å². The SMILES string of the molecule is COc1cc(CNC(=O)COc2ccc(F)cc2)ccc1OCc1ccncc1. The van der Waals surface area contributed by atoms with Crippen LogP contribution < -0.4 is 19.5 Å². The monoisotopic (exact) mass is 396 g/mol. The molecule has 0 saturated carbocycles. The minimum Gasteiger partial charge on any atom is -0.493 e. The predicted molar refractivity (Wildman–Crippen MR) is 105 cm³/mol. The molecule has 0 aliphatic carbocycles. The van der Waals surface area contributed by atoms with Crippen molar-refractivity contribution in [1.29, 1.82) is 0 Å². The molecular weight excluding hydrogens is 375 g/mol. The molecule has 0 unspecified atom stereocenters. The molecule has 1 N–H and O–H groups in total. The summed E-state index contributed by atoms with van der Waals surface area (Å²) in [6.07, 6.45) is 3.42. The van der Waals surface area contributed by atoms with Gasteiger partial charge in [-0.2, -0.15) is 0 Å². The van der Waals surface area contributed by atoms with Crippen molar-refractivity contribution in [3.8, 4) is 17.2 Å². The van der Waals surface area contributed by atoms with Crippen LogP contribution in [-0.2, 0) is 17.9 Å². The number of carbonyl (C=O) groups is 1. The number of benzene rings is 2. The first-order valence-corrected chi connectivity index (χ1v) is 8.98. The van der Waals surface area contributed by atoms with Gasteiger partial charge < -0.3 is 19.5 Å². The highest BCUT2D eigenvalue weighted by Crippen LogP contribution is 2.28. The van der Waals surface area contributed by atoms with Crippen LogP contribution in [-0.4, -0.2) is 24.6 Å². The fraction of sp³-hybridized carbons (Fsp3) is 0.182. The van der Waals surface area contributed by atoms with Crippen molar-refractivity contribution in [2.75, 3.05) is 13.7 Å². The highest BCUT2D eigenvalue weighted by atomic mass is 19.1. The first-order chi connectivity index (χ1) is 14.1. The van der Waals surface area contributed by atoms with Crippen molar-refractivity contribution in [3.63, 3.8) is 0 Å². The number of carbonyl (C=O) groups excluding carboxylic acids is 1. The molecule has 3 aromatic rings. The van der Waals surface area contributed by atoms with Crippen LogP contribution in [0.4, 0.5) is 4.39 Å². The maximum atomic E-state index is 12.9. The lowest BCUT2D eigenvalue weighted by Gasteiger charge is -2.13. The van der Waals surface area contributed by atoms with E-state index in [1.165, 1.54) is 24.3 Å². The Balaban J connectivity index is 1.50. The zero-order valence-corrected chi connectivity index (χ0v) is 15.9. The lowest BCUT2D eigenvalue weighted by molar-refractivity contribution is -0.123. The molecule has 0 fully saturated rings. The minimum absolute atomic E-state index is 0.157. The third-order valence-electron chi connectivity index (χ3n) is 4.04. The molecule has 1 amide bonds. The van der Waals surface area contributed by atoms with Crippen LogP contribution >= 0.6 is 0 Å². The lowest BCUT2D eigenvalue weighted by atomic mass is 10.2. The normalized spacial score (nSPS) is 10.3. The van der Waals surface area contributed by atoms with Gasteiger partial charge in [-0.25, -0.2) is 4.39 Å². The second kappa shape index (κ2) is 10.1. The summed E-state index contributed by atoms with van der Waals surface area (Å²) in [5.74, 6) is 0.974. The third kappa shape index (κ3) is 6.21. The van der Waals surface area contributed by atoms with E-state index in [1.807, 2.05) is 24.3 Å². The molecule has 0 radical (unpaired) electrons. The van der Waals surface area contributed by atoms with Crippen LogP contribution in [0.15, 0.2) is 67.0 Å². The van der Waals surface area contributed by atoms with Crippen molar-refractivity contribution in [2.45, 2.75) is 13.2 Å². The summed E-state index contributed by atoms with van der Waals surface area (Å²) in [5, 5.41) is 2.77. The Morgan fingerprint density at radius 2 is 1.72 bits per heavy atom. The summed E-state index contributed by atoms with van der Waals surface area (Å²) < 4.78 is 29.4. The highest BCUT2D eigenvalue weighted by molar-refractivity contribution is 5.77. The number of methoxy groups -OCH3 is 1. The summed E-state index contributed by atoms with van der Waals surface area (Å²) in [6, 6.07) is 14.7. The van der Waals surface area contributed by atoms with Crippen molar-refractivity contribution in [1.82, 2.24) is 10.3 Å². The molecule has 3 rings (SSSR count). The summed E-state index contributed by atoms with van der Waals surface area (Å²) in [6.45, 7) is 0.554. The zero-order valence-electron chi connectivity index (χ0n) is 15.9. The lowest BCUT2D eigenvalue weighted by Crippen LogP contribution is -2.28. The number of amides is 1. The first kappa shape index (κ1) is 20.1. The van der Waals surface area contributed by atoms with Gasteiger partial charge in [-0.3, -0.25) is 9.78 Å². The standard InChI is InChI=1S/C22H21FN2O4/c1-27-21-12-17(2-7-20(21)29-14-16-8-10-24-11-9-16)13-25-22(26)15-28-19-5-3-18(23)4-6-19/h2-12H,13-15H2,1H3,(H,25,26). The van der Waals surface area contributed by atoms with E-state index in [4.69, 9.17) is 14.2 Å². The van der Waals surface area contributed by atoms with Gasteiger partial charge >= 0.3 is 0 Å². The molecule has 0 saturated heterocycles. The van der Waals surface area contributed by atoms with Gasteiger partial charge in [-0.05, 0) is 59.7 Å². The Bertz CT molecular complexity index is 933. The van der Waals surface area contributed by atoms with Crippen LogP contribution in [0.5, 0.6) is 17.2 Å². The van der Waals surface area contributed by atoms with E-state index < -0.39 is 0 Å². The van der Waals surface area contributed by atoms with Gasteiger partial charge in [0.05, 0.1) is 7.11 Å². The van der Waals surface area contributed by atoms with Gasteiger partial charge in [0.2, 0.25) is 0 Å². The van der Waals surface area contributed by atoms with Crippen LogP contribution in [0.2, 0.25) is 0 Å². The fourth-order valence-electron chi connectivity index (χ4n) is 2.51. The molecule has 1 heterocycles. The average molecular weight is 396 g/mol. The minimum atomic E-state index is -0.357. The van der Waals surface area contributed by atoms with Gasteiger partial charge in [0.1, 0.15) is 18.2 Å². The molecule has 29 heavy (non-hydrogen) atoms. The van der Waals surface area contributed by atoms with Crippen molar-refractivity contribution in [2.24, 2.45) is 0 Å². The van der Waals surface area contributed by atoms with E-state index in [0.29, 0.717) is 30.4 Å². The maximum absolute atomic E-state index is 12.9. The van der Waals surface area contributed by atoms with E-state index in [9.17, 15) is 9.18 Å². The number of nitrogens with zero attached hydrogens (tertiary/aromatic N) is 1. The Labute approximate surface area is 168 Å². The molecular formula is C22H21FN2O4. The molecule has 6 nitrogen and oxygen atoms in total. The van der Waals surface area contributed by atoms with Crippen molar-refractivity contribution in [3.05, 3.63) is 83.9 Å². The Morgan fingerprint density at radius 3 is 2.45 bits per heavy atom. The summed E-state index contributed by atoms with van der Waals surface area (Å²) in [7, 11) is 1.56. The molecule has 7 heteroatoms. The largest absolute Gasteiger partial charge is 0.493 e. The topological polar surface area (TPSA) is 69.7 Å². The van der Waals surface area contributed by atoms with Gasteiger partial charge in [0.15, 0.2) is 18.1 Å². The van der Waals surface area contributed by atoms with Gasteiger partial charge in [-0.15, -0.1) is 0 Å². The van der Waals surface area contributed by atoms with E-state index >= 15 is 0 Å². The maximum Gasteiger partial charge on any atom is 0.258 e. The van der Waals surface area contributed by atoms with E-state index in [2.05, 4.69) is 10.3 Å². The second-order valence-electron chi connectivity index (χ2n) is 6.15. The number of ether oxygens (including phenoxy) is 3. The number of halogens is 1. The van der Waals surface area contributed by atoms with E-state index in [1.54, 1.807) is 25.6 Å². The highest BCUT2D eigenvalue weighted by Gasteiger charge is 2.08. The Morgan fingerprint density at radius 1 is 0.966 bits per heavy atom. The van der Waals surface area contributed by atoms with Crippen molar-refractivity contribution < 1.29 is 23.4 Å². The number of rotatable bonds is 9. The predicted octanol–water partition coefficient (Wildman–Crippen LogP) is 3.50. The third-order valence-corrected chi connectivity index (χ3v) is 4.04. The Kier molecular flexibility index (Phi) is 7.00. The number of nitrogens with one attached hydrogen (secondary N) is 1. The Hall–Kier alpha value is -3.61. The molecule has 0 spiro atoms. The van der Waals surface area contributed by atoms with Gasteiger partial charge in [0, 0.05) is 18.9 Å². The molecule has 0 bridgehead atoms. The summed E-state index contributed by atoms with van der Waals surface area (Å²) in [5.41, 5.74) is 1.85. The first-order valence-electron chi connectivity index (χ1n) is 8.98. The van der Waals surface area contributed by atoms with Crippen LogP contribution in [0, 0.1) is 5.82 Å². The fourth-order valence-corrected chi connectivity index (χ4v) is 2.51. The number of hydrogen-bond donors (Lipinski definition) is 1. The van der Waals surface area contributed by atoms with E-state index in [0.717, 1.165) is 11.1 Å². The van der Waals surface area contributed by atoms with Crippen molar-refractivity contribution >= 4 is 5.91 Å². The summed E-state index contributed by atoms with van der Waals surface area (Å²) in [4.78, 5) is 15.9. The molecule has 0 atom stereocenters. The molecule has 150 valence electrons. The molecule has 1 aromatic heterocycles. The van der Waals surface area contributed by atoms with E-state index in [-0.39, 0.29) is 18.3 Å². The molecule has 0 aliphatic heterocycles. The smallest absolute Gasteiger partial charge is 0.258 e. The van der Waals surface area contributed by atoms with Gasteiger partial charge in [0.25, 0.3) is 5.91 Å². The number of pyridine rings is 1.